The first-order chi connectivity index (χ1) is 7.05. The van der Waals surface area contributed by atoms with Crippen molar-refractivity contribution in [3.63, 3.8) is 0 Å². The summed E-state index contributed by atoms with van der Waals surface area (Å²) in [6.45, 7) is 7.69. The van der Waals surface area contributed by atoms with Crippen LogP contribution in [0.1, 0.15) is 27.2 Å². The van der Waals surface area contributed by atoms with Crippen molar-refractivity contribution in [2.75, 3.05) is 19.8 Å². The third-order valence-corrected chi connectivity index (χ3v) is 2.63. The third kappa shape index (κ3) is 4.28. The Balaban J connectivity index is 2.14. The maximum atomic E-state index is 9.99. The lowest BCUT2D eigenvalue weighted by molar-refractivity contribution is -0.112. The average Bonchev–Trinajstić information content (AvgIpc) is 2.39. The average molecular weight is 215 g/mol. The standard InChI is InChI=1S/C11H21NO3/c1-9-10(8-11(2,3)12-9)15-7-6-14-5-4-13/h4,9-10,12H,5-8H2,1-3H3. The van der Waals surface area contributed by atoms with E-state index in [-0.39, 0.29) is 18.2 Å². The molecule has 2 atom stereocenters. The summed E-state index contributed by atoms with van der Waals surface area (Å²) < 4.78 is 10.7. The molecule has 1 heterocycles. The van der Waals surface area contributed by atoms with Gasteiger partial charge in [0.25, 0.3) is 0 Å². The molecule has 1 fully saturated rings. The quantitative estimate of drug-likeness (QED) is 0.524. The second-order valence-corrected chi connectivity index (χ2v) is 4.67. The predicted octanol–water partition coefficient (Wildman–Crippen LogP) is 0.747. The molecule has 88 valence electrons. The first-order valence-corrected chi connectivity index (χ1v) is 5.46. The number of aldehydes is 1. The van der Waals surface area contributed by atoms with Gasteiger partial charge in [0.2, 0.25) is 0 Å². The Morgan fingerprint density at radius 1 is 1.47 bits per heavy atom. The summed E-state index contributed by atoms with van der Waals surface area (Å²) >= 11 is 0. The molecule has 0 aromatic carbocycles. The largest absolute Gasteiger partial charge is 0.374 e. The van der Waals surface area contributed by atoms with Crippen molar-refractivity contribution in [3.8, 4) is 0 Å². The fourth-order valence-corrected chi connectivity index (χ4v) is 2.04. The zero-order chi connectivity index (χ0) is 11.3. The number of hydrogen-bond donors (Lipinski definition) is 1. The Morgan fingerprint density at radius 2 is 2.20 bits per heavy atom. The van der Waals surface area contributed by atoms with Crippen LogP contribution in [0.3, 0.4) is 0 Å². The van der Waals surface area contributed by atoms with Crippen molar-refractivity contribution < 1.29 is 14.3 Å². The topological polar surface area (TPSA) is 47.6 Å². The second-order valence-electron chi connectivity index (χ2n) is 4.67. The van der Waals surface area contributed by atoms with Gasteiger partial charge in [-0.2, -0.15) is 0 Å². The summed E-state index contributed by atoms with van der Waals surface area (Å²) in [6, 6.07) is 0.381. The van der Waals surface area contributed by atoms with Crippen LogP contribution in [0.15, 0.2) is 0 Å². The van der Waals surface area contributed by atoms with Gasteiger partial charge in [-0.3, -0.25) is 0 Å². The van der Waals surface area contributed by atoms with Gasteiger partial charge in [-0.1, -0.05) is 0 Å². The predicted molar refractivity (Wildman–Crippen MR) is 57.9 cm³/mol. The van der Waals surface area contributed by atoms with Crippen molar-refractivity contribution >= 4 is 6.29 Å². The van der Waals surface area contributed by atoms with E-state index in [1.165, 1.54) is 0 Å². The molecule has 0 radical (unpaired) electrons. The normalized spacial score (nSPS) is 29.3. The number of carbonyl (C=O) groups excluding carboxylic acids is 1. The molecule has 1 N–H and O–H groups in total. The van der Waals surface area contributed by atoms with Crippen molar-refractivity contribution in [3.05, 3.63) is 0 Å². The molecule has 1 aliphatic rings. The highest BCUT2D eigenvalue weighted by molar-refractivity contribution is 5.50. The van der Waals surface area contributed by atoms with Crippen LogP contribution in [0.25, 0.3) is 0 Å². The van der Waals surface area contributed by atoms with Crippen LogP contribution in [0.2, 0.25) is 0 Å². The van der Waals surface area contributed by atoms with Crippen LogP contribution < -0.4 is 5.32 Å². The van der Waals surface area contributed by atoms with E-state index in [0.29, 0.717) is 19.3 Å². The van der Waals surface area contributed by atoms with Crippen LogP contribution in [-0.2, 0) is 14.3 Å². The molecular weight excluding hydrogens is 194 g/mol. The van der Waals surface area contributed by atoms with Gasteiger partial charge in [0.1, 0.15) is 12.9 Å². The van der Waals surface area contributed by atoms with Gasteiger partial charge in [0, 0.05) is 11.6 Å². The Morgan fingerprint density at radius 3 is 2.73 bits per heavy atom. The minimum atomic E-state index is 0.160. The van der Waals surface area contributed by atoms with Crippen LogP contribution in [0, 0.1) is 0 Å². The van der Waals surface area contributed by atoms with Crippen molar-refractivity contribution in [1.82, 2.24) is 5.32 Å². The van der Waals surface area contributed by atoms with Gasteiger partial charge in [-0.05, 0) is 27.2 Å². The van der Waals surface area contributed by atoms with Crippen LogP contribution >= 0.6 is 0 Å². The van der Waals surface area contributed by atoms with Crippen molar-refractivity contribution in [2.24, 2.45) is 0 Å². The molecule has 1 aliphatic heterocycles. The maximum absolute atomic E-state index is 9.99. The summed E-state index contributed by atoms with van der Waals surface area (Å²) in [4.78, 5) is 9.99. The molecule has 4 nitrogen and oxygen atoms in total. The summed E-state index contributed by atoms with van der Waals surface area (Å²) in [6.07, 6.45) is 2.02. The third-order valence-electron chi connectivity index (χ3n) is 2.63. The Hall–Kier alpha value is -0.450. The summed E-state index contributed by atoms with van der Waals surface area (Å²) in [5.74, 6) is 0. The molecular formula is C11H21NO3. The lowest BCUT2D eigenvalue weighted by Gasteiger charge is -2.17. The summed E-state index contributed by atoms with van der Waals surface area (Å²) in [7, 11) is 0. The molecule has 0 bridgehead atoms. The van der Waals surface area contributed by atoms with Crippen LogP contribution in [0.4, 0.5) is 0 Å². The Labute approximate surface area is 91.3 Å². The smallest absolute Gasteiger partial charge is 0.145 e. The minimum Gasteiger partial charge on any atom is -0.374 e. The number of hydrogen-bond acceptors (Lipinski definition) is 4. The highest BCUT2D eigenvalue weighted by Crippen LogP contribution is 2.24. The molecule has 4 heteroatoms. The van der Waals surface area contributed by atoms with E-state index in [4.69, 9.17) is 9.47 Å². The zero-order valence-corrected chi connectivity index (χ0v) is 9.79. The molecule has 15 heavy (non-hydrogen) atoms. The fraction of sp³-hybridized carbons (Fsp3) is 0.909. The van der Waals surface area contributed by atoms with Gasteiger partial charge in [-0.25, -0.2) is 0 Å². The van der Waals surface area contributed by atoms with E-state index in [1.54, 1.807) is 0 Å². The Bertz CT molecular complexity index is 206. The number of ether oxygens (including phenoxy) is 2. The maximum Gasteiger partial charge on any atom is 0.145 e. The van der Waals surface area contributed by atoms with E-state index in [1.807, 2.05) is 0 Å². The SMILES string of the molecule is CC1NC(C)(C)CC1OCCOCC=O. The first-order valence-electron chi connectivity index (χ1n) is 5.46. The van der Waals surface area contributed by atoms with Gasteiger partial charge in [-0.15, -0.1) is 0 Å². The van der Waals surface area contributed by atoms with E-state index in [2.05, 4.69) is 26.1 Å². The molecule has 0 aliphatic carbocycles. The summed E-state index contributed by atoms with van der Waals surface area (Å²) in [5, 5.41) is 3.47. The molecule has 0 amide bonds. The lowest BCUT2D eigenvalue weighted by atomic mass is 10.0. The second kappa shape index (κ2) is 5.58. The van der Waals surface area contributed by atoms with E-state index in [0.717, 1.165) is 12.7 Å². The monoisotopic (exact) mass is 215 g/mol. The lowest BCUT2D eigenvalue weighted by Crippen LogP contribution is -2.37. The molecule has 1 rings (SSSR count). The first kappa shape index (κ1) is 12.6. The summed E-state index contributed by atoms with van der Waals surface area (Å²) in [5.41, 5.74) is 0.160. The molecule has 2 unspecified atom stereocenters. The Kier molecular flexibility index (Phi) is 4.70. The number of rotatable bonds is 6. The number of nitrogens with one attached hydrogen (secondary N) is 1. The highest BCUT2D eigenvalue weighted by Gasteiger charge is 2.36. The van der Waals surface area contributed by atoms with E-state index in [9.17, 15) is 4.79 Å². The van der Waals surface area contributed by atoms with Gasteiger partial charge in [0.15, 0.2) is 0 Å². The van der Waals surface area contributed by atoms with Crippen LogP contribution in [0.5, 0.6) is 0 Å². The molecule has 0 spiro atoms. The van der Waals surface area contributed by atoms with Crippen molar-refractivity contribution in [2.45, 2.75) is 44.9 Å². The van der Waals surface area contributed by atoms with Gasteiger partial charge >= 0.3 is 0 Å². The molecule has 0 aromatic rings. The van der Waals surface area contributed by atoms with Crippen LogP contribution in [-0.4, -0.2) is 43.8 Å². The minimum absolute atomic E-state index is 0.160. The van der Waals surface area contributed by atoms with E-state index >= 15 is 0 Å². The highest BCUT2D eigenvalue weighted by atomic mass is 16.5. The van der Waals surface area contributed by atoms with Gasteiger partial charge in [0.05, 0.1) is 19.3 Å². The fourth-order valence-electron chi connectivity index (χ4n) is 2.04. The zero-order valence-electron chi connectivity index (χ0n) is 9.79. The number of carbonyl (C=O) groups is 1. The molecule has 0 saturated carbocycles. The van der Waals surface area contributed by atoms with Crippen molar-refractivity contribution in [1.29, 1.82) is 0 Å². The van der Waals surface area contributed by atoms with E-state index < -0.39 is 0 Å². The molecule has 0 aromatic heterocycles. The molecule has 1 saturated heterocycles. The van der Waals surface area contributed by atoms with Gasteiger partial charge < -0.3 is 19.6 Å².